The minimum absolute atomic E-state index is 0.0959. The van der Waals surface area contributed by atoms with Crippen LogP contribution in [0.25, 0.3) is 22.1 Å². The van der Waals surface area contributed by atoms with E-state index in [2.05, 4.69) is 22.1 Å². The fraction of sp³-hybridized carbons (Fsp3) is 0.263. The van der Waals surface area contributed by atoms with Gasteiger partial charge < -0.3 is 14.2 Å². The van der Waals surface area contributed by atoms with Crippen LogP contribution in [-0.2, 0) is 19.5 Å². The molecule has 0 fully saturated rings. The van der Waals surface area contributed by atoms with Crippen LogP contribution in [0.4, 0.5) is 0 Å². The van der Waals surface area contributed by atoms with Crippen LogP contribution in [0, 0.1) is 0 Å². The molecule has 0 atom stereocenters. The summed E-state index contributed by atoms with van der Waals surface area (Å²) in [5, 5.41) is 9.45. The number of aromatic nitrogens is 4. The Balaban J connectivity index is 1.86. The lowest BCUT2D eigenvalue weighted by Gasteiger charge is -2.11. The molecule has 0 radical (unpaired) electrons. The molecule has 0 saturated heterocycles. The molecular weight excluding hydrogens is 300 g/mol. The Hall–Kier alpha value is -2.66. The number of fused-ring (bicyclic) bond motifs is 2. The molecule has 2 aromatic carbocycles. The molecule has 122 valence electrons. The third kappa shape index (κ3) is 2.37. The summed E-state index contributed by atoms with van der Waals surface area (Å²) in [4.78, 5) is 9.53. The molecule has 2 aromatic heterocycles. The summed E-state index contributed by atoms with van der Waals surface area (Å²) in [7, 11) is 0. The fourth-order valence-corrected chi connectivity index (χ4v) is 3.31. The standard InChI is InChI=1S/C19H20N4O/c1-2-18-20-15-8-4-6-10-17(15)23(18)13-19-21-14-7-3-5-9-16(14)22(19)11-12-24/h3-10,24H,2,11-13H2,1H3. The van der Waals surface area contributed by atoms with E-state index in [0.717, 1.165) is 40.1 Å². The van der Waals surface area contributed by atoms with Gasteiger partial charge in [-0.3, -0.25) is 0 Å². The molecule has 1 N–H and O–H groups in total. The van der Waals surface area contributed by atoms with E-state index in [-0.39, 0.29) is 6.61 Å². The van der Waals surface area contributed by atoms with E-state index in [9.17, 15) is 5.11 Å². The third-order valence-electron chi connectivity index (χ3n) is 4.41. The molecule has 24 heavy (non-hydrogen) atoms. The number of nitrogens with zero attached hydrogens (tertiary/aromatic N) is 4. The Kier molecular flexibility index (Phi) is 3.78. The molecule has 2 heterocycles. The highest BCUT2D eigenvalue weighted by molar-refractivity contribution is 5.77. The van der Waals surface area contributed by atoms with Crippen LogP contribution in [0.1, 0.15) is 18.6 Å². The van der Waals surface area contributed by atoms with Crippen LogP contribution in [0.3, 0.4) is 0 Å². The maximum Gasteiger partial charge on any atom is 0.130 e. The number of aliphatic hydroxyl groups excluding tert-OH is 1. The second-order valence-corrected chi connectivity index (χ2v) is 5.85. The molecule has 5 nitrogen and oxygen atoms in total. The quantitative estimate of drug-likeness (QED) is 0.615. The van der Waals surface area contributed by atoms with Gasteiger partial charge in [-0.2, -0.15) is 0 Å². The zero-order valence-corrected chi connectivity index (χ0v) is 13.7. The van der Waals surface area contributed by atoms with Gasteiger partial charge >= 0.3 is 0 Å². The first-order valence-corrected chi connectivity index (χ1v) is 8.31. The first-order chi connectivity index (χ1) is 11.8. The lowest BCUT2D eigenvalue weighted by atomic mass is 10.3. The van der Waals surface area contributed by atoms with Crippen molar-refractivity contribution in [1.82, 2.24) is 19.1 Å². The molecule has 0 aliphatic rings. The third-order valence-corrected chi connectivity index (χ3v) is 4.41. The summed E-state index contributed by atoms with van der Waals surface area (Å²) < 4.78 is 4.33. The average Bonchev–Trinajstić information content (AvgIpc) is 3.14. The van der Waals surface area contributed by atoms with Gasteiger partial charge in [-0.1, -0.05) is 31.2 Å². The van der Waals surface area contributed by atoms with E-state index < -0.39 is 0 Å². The summed E-state index contributed by atoms with van der Waals surface area (Å²) in [5.41, 5.74) is 4.16. The van der Waals surface area contributed by atoms with Gasteiger partial charge in [0.1, 0.15) is 11.6 Å². The van der Waals surface area contributed by atoms with Crippen LogP contribution < -0.4 is 0 Å². The predicted molar refractivity (Wildman–Crippen MR) is 95.0 cm³/mol. The molecule has 0 aliphatic carbocycles. The van der Waals surface area contributed by atoms with Crippen molar-refractivity contribution in [3.8, 4) is 0 Å². The van der Waals surface area contributed by atoms with Crippen LogP contribution >= 0.6 is 0 Å². The van der Waals surface area contributed by atoms with Crippen molar-refractivity contribution in [2.45, 2.75) is 26.4 Å². The summed E-state index contributed by atoms with van der Waals surface area (Å²) in [5.74, 6) is 2.00. The molecule has 0 amide bonds. The van der Waals surface area contributed by atoms with Gasteiger partial charge in [0.15, 0.2) is 0 Å². The number of aryl methyl sites for hydroxylation is 1. The molecular formula is C19H20N4O. The maximum atomic E-state index is 9.45. The Bertz CT molecular complexity index is 999. The minimum atomic E-state index is 0.0959. The van der Waals surface area contributed by atoms with E-state index in [1.807, 2.05) is 42.5 Å². The summed E-state index contributed by atoms with van der Waals surface area (Å²) >= 11 is 0. The zero-order valence-electron chi connectivity index (χ0n) is 13.7. The molecule has 0 spiro atoms. The van der Waals surface area contributed by atoms with Gasteiger partial charge in [-0.05, 0) is 24.3 Å². The Morgan fingerprint density at radius 1 is 0.833 bits per heavy atom. The smallest absolute Gasteiger partial charge is 0.130 e. The normalized spacial score (nSPS) is 11.6. The number of hydrogen-bond acceptors (Lipinski definition) is 3. The maximum absolute atomic E-state index is 9.45. The van der Waals surface area contributed by atoms with Gasteiger partial charge in [-0.25, -0.2) is 9.97 Å². The van der Waals surface area contributed by atoms with E-state index in [1.54, 1.807) is 0 Å². The predicted octanol–water partition coefficient (Wildman–Crippen LogP) is 2.99. The van der Waals surface area contributed by atoms with Gasteiger partial charge in [0.25, 0.3) is 0 Å². The topological polar surface area (TPSA) is 55.9 Å². The zero-order chi connectivity index (χ0) is 16.5. The lowest BCUT2D eigenvalue weighted by Crippen LogP contribution is -2.12. The second kappa shape index (κ2) is 6.09. The SMILES string of the molecule is CCc1nc2ccccc2n1Cc1nc2ccccc2n1CCO. The molecule has 0 saturated carbocycles. The first kappa shape index (κ1) is 14.9. The lowest BCUT2D eigenvalue weighted by molar-refractivity contribution is 0.275. The van der Waals surface area contributed by atoms with Gasteiger partial charge in [0, 0.05) is 13.0 Å². The van der Waals surface area contributed by atoms with Crippen molar-refractivity contribution in [3.05, 3.63) is 60.2 Å². The van der Waals surface area contributed by atoms with Gasteiger partial charge in [0.05, 0.1) is 35.2 Å². The second-order valence-electron chi connectivity index (χ2n) is 5.85. The highest BCUT2D eigenvalue weighted by Crippen LogP contribution is 2.21. The van der Waals surface area contributed by atoms with Crippen LogP contribution in [-0.4, -0.2) is 30.8 Å². The summed E-state index contributed by atoms with van der Waals surface area (Å²) in [6.07, 6.45) is 0.870. The van der Waals surface area contributed by atoms with Crippen molar-refractivity contribution in [1.29, 1.82) is 0 Å². The number of rotatable bonds is 5. The number of aliphatic hydroxyl groups is 1. The Labute approximate surface area is 140 Å². The number of hydrogen-bond donors (Lipinski definition) is 1. The number of imidazole rings is 2. The number of benzene rings is 2. The largest absolute Gasteiger partial charge is 0.395 e. The van der Waals surface area contributed by atoms with E-state index in [0.29, 0.717) is 13.1 Å². The first-order valence-electron chi connectivity index (χ1n) is 8.31. The molecule has 4 aromatic rings. The van der Waals surface area contributed by atoms with Crippen LogP contribution in [0.5, 0.6) is 0 Å². The Morgan fingerprint density at radius 2 is 1.42 bits per heavy atom. The van der Waals surface area contributed by atoms with Crippen molar-refractivity contribution >= 4 is 22.1 Å². The average molecular weight is 320 g/mol. The summed E-state index contributed by atoms with van der Waals surface area (Å²) in [6, 6.07) is 16.3. The number of para-hydroxylation sites is 4. The van der Waals surface area contributed by atoms with Crippen molar-refractivity contribution in [2.75, 3.05) is 6.61 Å². The molecule has 0 bridgehead atoms. The molecule has 0 unspecified atom stereocenters. The molecule has 0 aliphatic heterocycles. The van der Waals surface area contributed by atoms with E-state index >= 15 is 0 Å². The van der Waals surface area contributed by atoms with E-state index in [4.69, 9.17) is 9.97 Å². The van der Waals surface area contributed by atoms with Crippen molar-refractivity contribution < 1.29 is 5.11 Å². The fourth-order valence-electron chi connectivity index (χ4n) is 3.31. The van der Waals surface area contributed by atoms with Crippen LogP contribution in [0.15, 0.2) is 48.5 Å². The van der Waals surface area contributed by atoms with Crippen molar-refractivity contribution in [3.63, 3.8) is 0 Å². The van der Waals surface area contributed by atoms with Crippen molar-refractivity contribution in [2.24, 2.45) is 0 Å². The molecule has 5 heteroatoms. The minimum Gasteiger partial charge on any atom is -0.395 e. The summed E-state index contributed by atoms with van der Waals surface area (Å²) in [6.45, 7) is 3.41. The van der Waals surface area contributed by atoms with Crippen LogP contribution in [0.2, 0.25) is 0 Å². The monoisotopic (exact) mass is 320 g/mol. The highest BCUT2D eigenvalue weighted by Gasteiger charge is 2.14. The van der Waals surface area contributed by atoms with Gasteiger partial charge in [0.2, 0.25) is 0 Å². The Morgan fingerprint density at radius 3 is 2.04 bits per heavy atom. The molecule has 4 rings (SSSR count). The van der Waals surface area contributed by atoms with E-state index in [1.165, 1.54) is 0 Å². The van der Waals surface area contributed by atoms with Gasteiger partial charge in [-0.15, -0.1) is 0 Å². The highest BCUT2D eigenvalue weighted by atomic mass is 16.3.